The number of hydrogen-bond donors (Lipinski definition) is 4. The van der Waals surface area contributed by atoms with Gasteiger partial charge in [-0.25, -0.2) is 0 Å². The van der Waals surface area contributed by atoms with Crippen molar-refractivity contribution in [2.24, 2.45) is 0 Å². The molecular formula is C10H16N4. The van der Waals surface area contributed by atoms with E-state index in [9.17, 15) is 0 Å². The SMILES string of the molecule is CNCc1ccc(NC(=N)NC)cc1. The summed E-state index contributed by atoms with van der Waals surface area (Å²) in [5.41, 5.74) is 2.15. The fourth-order valence-electron chi connectivity index (χ4n) is 1.12. The molecule has 0 fully saturated rings. The molecule has 0 saturated carbocycles. The first-order valence-corrected chi connectivity index (χ1v) is 4.53. The Bertz CT molecular complexity index is 291. The highest BCUT2D eigenvalue weighted by molar-refractivity contribution is 5.90. The van der Waals surface area contributed by atoms with Crippen molar-refractivity contribution >= 4 is 11.6 Å². The first kappa shape index (κ1) is 10.5. The molecule has 0 amide bonds. The van der Waals surface area contributed by atoms with Gasteiger partial charge >= 0.3 is 0 Å². The van der Waals surface area contributed by atoms with E-state index < -0.39 is 0 Å². The minimum Gasteiger partial charge on any atom is -0.359 e. The number of benzene rings is 1. The summed E-state index contributed by atoms with van der Waals surface area (Å²) in [6, 6.07) is 7.97. The zero-order valence-corrected chi connectivity index (χ0v) is 8.52. The molecule has 0 atom stereocenters. The summed E-state index contributed by atoms with van der Waals surface area (Å²) in [6.07, 6.45) is 0. The average molecular weight is 192 g/mol. The van der Waals surface area contributed by atoms with E-state index in [2.05, 4.69) is 16.0 Å². The fourth-order valence-corrected chi connectivity index (χ4v) is 1.12. The van der Waals surface area contributed by atoms with E-state index in [0.29, 0.717) is 5.96 Å². The Morgan fingerprint density at radius 3 is 2.36 bits per heavy atom. The van der Waals surface area contributed by atoms with Crippen LogP contribution in [0.25, 0.3) is 0 Å². The van der Waals surface area contributed by atoms with Crippen LogP contribution in [0.2, 0.25) is 0 Å². The Kier molecular flexibility index (Phi) is 3.94. The van der Waals surface area contributed by atoms with Crippen molar-refractivity contribution in [2.45, 2.75) is 6.54 Å². The highest BCUT2D eigenvalue weighted by Gasteiger charge is 1.95. The molecule has 0 aliphatic heterocycles. The van der Waals surface area contributed by atoms with Crippen molar-refractivity contribution < 1.29 is 0 Å². The molecular weight excluding hydrogens is 176 g/mol. The third-order valence-electron chi connectivity index (χ3n) is 1.85. The van der Waals surface area contributed by atoms with Crippen LogP contribution in [0.3, 0.4) is 0 Å². The lowest BCUT2D eigenvalue weighted by atomic mass is 10.2. The monoisotopic (exact) mass is 192 g/mol. The summed E-state index contributed by atoms with van der Waals surface area (Å²) in [5, 5.41) is 16.1. The van der Waals surface area contributed by atoms with E-state index >= 15 is 0 Å². The van der Waals surface area contributed by atoms with Gasteiger partial charge in [-0.3, -0.25) is 5.41 Å². The number of hydrogen-bond acceptors (Lipinski definition) is 2. The number of anilines is 1. The van der Waals surface area contributed by atoms with Crippen LogP contribution >= 0.6 is 0 Å². The van der Waals surface area contributed by atoms with Crippen LogP contribution in [0.15, 0.2) is 24.3 Å². The van der Waals surface area contributed by atoms with Crippen molar-refractivity contribution in [1.82, 2.24) is 10.6 Å². The van der Waals surface area contributed by atoms with Gasteiger partial charge < -0.3 is 16.0 Å². The average Bonchev–Trinajstić information content (AvgIpc) is 2.21. The molecule has 0 radical (unpaired) electrons. The van der Waals surface area contributed by atoms with Crippen LogP contribution in [0, 0.1) is 5.41 Å². The van der Waals surface area contributed by atoms with Gasteiger partial charge in [0.2, 0.25) is 0 Å². The summed E-state index contributed by atoms with van der Waals surface area (Å²) in [5.74, 6) is 0.298. The summed E-state index contributed by atoms with van der Waals surface area (Å²) < 4.78 is 0. The van der Waals surface area contributed by atoms with E-state index in [1.807, 2.05) is 31.3 Å². The third kappa shape index (κ3) is 3.06. The minimum atomic E-state index is 0.298. The van der Waals surface area contributed by atoms with Gasteiger partial charge in [0.05, 0.1) is 0 Å². The van der Waals surface area contributed by atoms with Crippen molar-refractivity contribution in [3.05, 3.63) is 29.8 Å². The van der Waals surface area contributed by atoms with Gasteiger partial charge in [0.25, 0.3) is 0 Å². The van der Waals surface area contributed by atoms with Gasteiger partial charge in [-0.1, -0.05) is 12.1 Å². The lowest BCUT2D eigenvalue weighted by Crippen LogP contribution is -2.25. The van der Waals surface area contributed by atoms with Crippen molar-refractivity contribution in [2.75, 3.05) is 19.4 Å². The molecule has 0 saturated heterocycles. The Morgan fingerprint density at radius 2 is 1.86 bits per heavy atom. The van der Waals surface area contributed by atoms with E-state index in [1.54, 1.807) is 7.05 Å². The maximum Gasteiger partial charge on any atom is 0.192 e. The Labute approximate surface area is 84.2 Å². The first-order chi connectivity index (χ1) is 6.76. The summed E-state index contributed by atoms with van der Waals surface area (Å²) in [7, 11) is 3.63. The standard InChI is InChI=1S/C10H16N4/c1-12-7-8-3-5-9(6-4-8)14-10(11)13-2/h3-6,12H,7H2,1-2H3,(H3,11,13,14). The zero-order valence-electron chi connectivity index (χ0n) is 8.52. The van der Waals surface area contributed by atoms with Crippen LogP contribution in [-0.2, 0) is 6.54 Å². The highest BCUT2D eigenvalue weighted by Crippen LogP contribution is 2.08. The van der Waals surface area contributed by atoms with Gasteiger partial charge in [-0.2, -0.15) is 0 Å². The van der Waals surface area contributed by atoms with Crippen LogP contribution in [-0.4, -0.2) is 20.1 Å². The van der Waals surface area contributed by atoms with Crippen LogP contribution in [0.4, 0.5) is 5.69 Å². The minimum absolute atomic E-state index is 0.298. The zero-order chi connectivity index (χ0) is 10.4. The molecule has 4 N–H and O–H groups in total. The summed E-state index contributed by atoms with van der Waals surface area (Å²) >= 11 is 0. The molecule has 0 aromatic heterocycles. The predicted molar refractivity (Wildman–Crippen MR) is 59.6 cm³/mol. The third-order valence-corrected chi connectivity index (χ3v) is 1.85. The summed E-state index contributed by atoms with van der Waals surface area (Å²) in [6.45, 7) is 0.865. The van der Waals surface area contributed by atoms with Gasteiger partial charge in [-0.15, -0.1) is 0 Å². The number of nitrogens with one attached hydrogen (secondary N) is 4. The normalized spacial score (nSPS) is 9.57. The van der Waals surface area contributed by atoms with Crippen molar-refractivity contribution in [3.8, 4) is 0 Å². The maximum absolute atomic E-state index is 7.37. The number of guanidine groups is 1. The number of rotatable bonds is 3. The Hall–Kier alpha value is -1.55. The molecule has 0 heterocycles. The topological polar surface area (TPSA) is 59.9 Å². The second-order valence-corrected chi connectivity index (χ2v) is 2.98. The molecule has 0 aliphatic rings. The lowest BCUT2D eigenvalue weighted by molar-refractivity contribution is 0.818. The van der Waals surface area contributed by atoms with Crippen LogP contribution in [0.1, 0.15) is 5.56 Å². The van der Waals surface area contributed by atoms with E-state index in [1.165, 1.54) is 5.56 Å². The molecule has 14 heavy (non-hydrogen) atoms. The maximum atomic E-state index is 7.37. The van der Waals surface area contributed by atoms with Gasteiger partial charge in [0.15, 0.2) is 5.96 Å². The smallest absolute Gasteiger partial charge is 0.192 e. The van der Waals surface area contributed by atoms with Crippen molar-refractivity contribution in [3.63, 3.8) is 0 Å². The molecule has 0 unspecified atom stereocenters. The fraction of sp³-hybridized carbons (Fsp3) is 0.300. The van der Waals surface area contributed by atoms with E-state index in [4.69, 9.17) is 5.41 Å². The molecule has 4 nitrogen and oxygen atoms in total. The first-order valence-electron chi connectivity index (χ1n) is 4.53. The van der Waals surface area contributed by atoms with E-state index in [-0.39, 0.29) is 0 Å². The Balaban J connectivity index is 2.59. The molecule has 0 aliphatic carbocycles. The molecule has 1 aromatic carbocycles. The van der Waals surface area contributed by atoms with Gasteiger partial charge in [0, 0.05) is 19.3 Å². The van der Waals surface area contributed by atoms with Gasteiger partial charge in [-0.05, 0) is 24.7 Å². The summed E-state index contributed by atoms with van der Waals surface area (Å²) in [4.78, 5) is 0. The molecule has 0 spiro atoms. The van der Waals surface area contributed by atoms with Crippen molar-refractivity contribution in [1.29, 1.82) is 5.41 Å². The van der Waals surface area contributed by atoms with E-state index in [0.717, 1.165) is 12.2 Å². The highest BCUT2D eigenvalue weighted by atomic mass is 15.1. The second-order valence-electron chi connectivity index (χ2n) is 2.98. The molecule has 1 aromatic rings. The predicted octanol–water partition coefficient (Wildman–Crippen LogP) is 0.972. The molecule has 0 bridgehead atoms. The van der Waals surface area contributed by atoms with Crippen LogP contribution in [0.5, 0.6) is 0 Å². The largest absolute Gasteiger partial charge is 0.359 e. The van der Waals surface area contributed by atoms with Crippen LogP contribution < -0.4 is 16.0 Å². The molecule has 4 heteroatoms. The second kappa shape index (κ2) is 5.24. The lowest BCUT2D eigenvalue weighted by Gasteiger charge is -2.07. The quantitative estimate of drug-likeness (QED) is 0.426. The van der Waals surface area contributed by atoms with Gasteiger partial charge in [0.1, 0.15) is 0 Å². The Morgan fingerprint density at radius 1 is 1.21 bits per heavy atom. The molecule has 76 valence electrons. The molecule has 1 rings (SSSR count).